The molecular formula is C12H14Cl2O4. The van der Waals surface area contributed by atoms with Gasteiger partial charge in [0.25, 0.3) is 0 Å². The van der Waals surface area contributed by atoms with Gasteiger partial charge >= 0.3 is 0 Å². The van der Waals surface area contributed by atoms with Gasteiger partial charge in [0, 0.05) is 19.1 Å². The number of halogens is 2. The van der Waals surface area contributed by atoms with Gasteiger partial charge in [-0.25, -0.2) is 0 Å². The summed E-state index contributed by atoms with van der Waals surface area (Å²) < 4.78 is 4.97. The molecule has 0 bridgehead atoms. The number of aliphatic hydroxyl groups excluding tert-OH is 1. The molecule has 0 aliphatic carbocycles. The van der Waals surface area contributed by atoms with Crippen molar-refractivity contribution in [1.82, 2.24) is 0 Å². The van der Waals surface area contributed by atoms with Crippen molar-refractivity contribution in [2.45, 2.75) is 25.2 Å². The molecule has 0 saturated carbocycles. The van der Waals surface area contributed by atoms with Crippen LogP contribution in [0.15, 0.2) is 18.2 Å². The van der Waals surface area contributed by atoms with Crippen molar-refractivity contribution in [2.24, 2.45) is 0 Å². The van der Waals surface area contributed by atoms with E-state index in [1.54, 1.807) is 0 Å². The quantitative estimate of drug-likeness (QED) is 0.645. The summed E-state index contributed by atoms with van der Waals surface area (Å²) in [5.74, 6) is -0.314. The highest BCUT2D eigenvalue weighted by molar-refractivity contribution is 6.42. The molecular weight excluding hydrogens is 279 g/mol. The number of hydrogen-bond acceptors (Lipinski definition) is 4. The van der Waals surface area contributed by atoms with Crippen LogP contribution >= 0.6 is 23.2 Å². The average Bonchev–Trinajstić information content (AvgIpc) is 2.32. The maximum Gasteiger partial charge on any atom is 0.181 e. The van der Waals surface area contributed by atoms with Crippen LogP contribution in [0.5, 0.6) is 0 Å². The topological polar surface area (TPSA) is 66.8 Å². The summed E-state index contributed by atoms with van der Waals surface area (Å²) in [6.45, 7) is 1.44. The first-order valence-corrected chi connectivity index (χ1v) is 5.95. The zero-order valence-electron chi connectivity index (χ0n) is 9.98. The zero-order chi connectivity index (χ0) is 13.9. The molecule has 1 aromatic carbocycles. The molecule has 0 aliphatic heterocycles. The highest BCUT2D eigenvalue weighted by Gasteiger charge is 2.34. The summed E-state index contributed by atoms with van der Waals surface area (Å²) in [7, 11) is 1.31. The molecule has 0 radical (unpaired) electrons. The molecule has 100 valence electrons. The first-order valence-electron chi connectivity index (χ1n) is 5.19. The third-order valence-electron chi connectivity index (χ3n) is 2.77. The van der Waals surface area contributed by atoms with Gasteiger partial charge in [0.15, 0.2) is 12.1 Å². The highest BCUT2D eigenvalue weighted by atomic mass is 35.5. The van der Waals surface area contributed by atoms with Crippen molar-refractivity contribution < 1.29 is 19.7 Å². The SMILES string of the molecule is COC(C)(CC(=O)c1ccc(Cl)c(Cl)c1)C(O)O. The van der Waals surface area contributed by atoms with E-state index in [2.05, 4.69) is 0 Å². The Kier molecular flexibility index (Phi) is 5.13. The molecule has 1 unspecified atom stereocenters. The van der Waals surface area contributed by atoms with Gasteiger partial charge < -0.3 is 14.9 Å². The molecule has 0 amide bonds. The van der Waals surface area contributed by atoms with Crippen LogP contribution in [0.2, 0.25) is 10.0 Å². The summed E-state index contributed by atoms with van der Waals surface area (Å²) in [5, 5.41) is 19.0. The number of ether oxygens (including phenoxy) is 1. The van der Waals surface area contributed by atoms with Crippen LogP contribution in [0.1, 0.15) is 23.7 Å². The lowest BCUT2D eigenvalue weighted by molar-refractivity contribution is -0.187. The van der Waals surface area contributed by atoms with Crippen LogP contribution in [-0.2, 0) is 4.74 Å². The van der Waals surface area contributed by atoms with E-state index in [1.165, 1.54) is 32.2 Å². The monoisotopic (exact) mass is 292 g/mol. The number of methoxy groups -OCH3 is 1. The largest absolute Gasteiger partial charge is 0.373 e. The smallest absolute Gasteiger partial charge is 0.181 e. The third kappa shape index (κ3) is 3.43. The van der Waals surface area contributed by atoms with Gasteiger partial charge in [-0.1, -0.05) is 23.2 Å². The Bertz CT molecular complexity index is 448. The second-order valence-corrected chi connectivity index (χ2v) is 4.93. The van der Waals surface area contributed by atoms with Crippen LogP contribution < -0.4 is 0 Å². The van der Waals surface area contributed by atoms with Crippen LogP contribution in [0.3, 0.4) is 0 Å². The maximum atomic E-state index is 12.0. The Balaban J connectivity index is 2.91. The molecule has 0 aromatic heterocycles. The highest BCUT2D eigenvalue weighted by Crippen LogP contribution is 2.26. The number of Topliss-reactive ketones (excluding diaryl/α,β-unsaturated/α-hetero) is 1. The Morgan fingerprint density at radius 1 is 1.39 bits per heavy atom. The summed E-state index contributed by atoms with van der Waals surface area (Å²) in [4.78, 5) is 12.0. The van der Waals surface area contributed by atoms with Crippen LogP contribution in [0.4, 0.5) is 0 Å². The molecule has 6 heteroatoms. The first kappa shape index (κ1) is 15.4. The van der Waals surface area contributed by atoms with Gasteiger partial charge in [0.2, 0.25) is 0 Å². The summed E-state index contributed by atoms with van der Waals surface area (Å²) in [5.41, 5.74) is -1.02. The van der Waals surface area contributed by atoms with Gasteiger partial charge in [0.05, 0.1) is 10.0 Å². The second kappa shape index (κ2) is 5.99. The lowest BCUT2D eigenvalue weighted by Gasteiger charge is -2.29. The minimum Gasteiger partial charge on any atom is -0.373 e. The Morgan fingerprint density at radius 3 is 2.44 bits per heavy atom. The van der Waals surface area contributed by atoms with E-state index in [-0.39, 0.29) is 17.2 Å². The number of benzene rings is 1. The van der Waals surface area contributed by atoms with E-state index in [0.29, 0.717) is 10.6 Å². The molecule has 1 rings (SSSR count). The van der Waals surface area contributed by atoms with E-state index in [0.717, 1.165) is 0 Å². The molecule has 2 N–H and O–H groups in total. The van der Waals surface area contributed by atoms with Gasteiger partial charge in [-0.2, -0.15) is 0 Å². The number of carbonyl (C=O) groups excluding carboxylic acids is 1. The second-order valence-electron chi connectivity index (χ2n) is 4.12. The molecule has 0 fully saturated rings. The Hall–Kier alpha value is -0.650. The van der Waals surface area contributed by atoms with Crippen molar-refractivity contribution in [3.8, 4) is 0 Å². The van der Waals surface area contributed by atoms with Gasteiger partial charge in [-0.3, -0.25) is 4.79 Å². The van der Waals surface area contributed by atoms with Crippen LogP contribution in [-0.4, -0.2) is 35.0 Å². The predicted octanol–water partition coefficient (Wildman–Crippen LogP) is 2.28. The molecule has 0 heterocycles. The number of ketones is 1. The number of hydrogen-bond donors (Lipinski definition) is 2. The summed E-state index contributed by atoms with van der Waals surface area (Å²) >= 11 is 11.6. The molecule has 1 aromatic rings. The molecule has 0 saturated heterocycles. The van der Waals surface area contributed by atoms with Gasteiger partial charge in [-0.15, -0.1) is 0 Å². The summed E-state index contributed by atoms with van der Waals surface area (Å²) in [6.07, 6.45) is -1.94. The maximum absolute atomic E-state index is 12.0. The Labute approximate surface area is 115 Å². The van der Waals surface area contributed by atoms with E-state index < -0.39 is 11.9 Å². The summed E-state index contributed by atoms with van der Waals surface area (Å²) in [6, 6.07) is 4.47. The minimum atomic E-state index is -1.76. The zero-order valence-corrected chi connectivity index (χ0v) is 11.5. The van der Waals surface area contributed by atoms with Crippen molar-refractivity contribution in [2.75, 3.05) is 7.11 Å². The fourth-order valence-corrected chi connectivity index (χ4v) is 1.66. The van der Waals surface area contributed by atoms with E-state index in [4.69, 9.17) is 27.9 Å². The lowest BCUT2D eigenvalue weighted by atomic mass is 9.95. The molecule has 0 spiro atoms. The van der Waals surface area contributed by atoms with Crippen LogP contribution in [0.25, 0.3) is 0 Å². The first-order chi connectivity index (χ1) is 8.30. The normalized spacial score (nSPS) is 14.6. The fourth-order valence-electron chi connectivity index (χ4n) is 1.36. The van der Waals surface area contributed by atoms with Crippen LogP contribution in [0, 0.1) is 0 Å². The molecule has 18 heavy (non-hydrogen) atoms. The average molecular weight is 293 g/mol. The third-order valence-corrected chi connectivity index (χ3v) is 3.50. The van der Waals surface area contributed by atoms with Gasteiger partial charge in [0.1, 0.15) is 5.60 Å². The predicted molar refractivity (Wildman–Crippen MR) is 69.0 cm³/mol. The van der Waals surface area contributed by atoms with Crippen molar-refractivity contribution >= 4 is 29.0 Å². The van der Waals surface area contributed by atoms with Crippen molar-refractivity contribution in [3.63, 3.8) is 0 Å². The van der Waals surface area contributed by atoms with Crippen molar-refractivity contribution in [1.29, 1.82) is 0 Å². The molecule has 4 nitrogen and oxygen atoms in total. The fraction of sp³-hybridized carbons (Fsp3) is 0.417. The number of aliphatic hydroxyl groups is 2. The van der Waals surface area contributed by atoms with E-state index >= 15 is 0 Å². The van der Waals surface area contributed by atoms with E-state index in [9.17, 15) is 15.0 Å². The standard InChI is InChI=1S/C12H14Cl2O4/c1-12(18-2,11(16)17)6-10(15)7-3-4-8(13)9(14)5-7/h3-5,11,16-17H,6H2,1-2H3. The van der Waals surface area contributed by atoms with Gasteiger partial charge in [-0.05, 0) is 25.1 Å². The Morgan fingerprint density at radius 2 is 2.00 bits per heavy atom. The number of rotatable bonds is 5. The number of carbonyl (C=O) groups is 1. The van der Waals surface area contributed by atoms with E-state index in [1.807, 2.05) is 0 Å². The molecule has 0 aliphatic rings. The lowest BCUT2D eigenvalue weighted by Crippen LogP contribution is -2.43. The molecule has 1 atom stereocenters. The minimum absolute atomic E-state index is 0.181. The van der Waals surface area contributed by atoms with Crippen molar-refractivity contribution in [3.05, 3.63) is 33.8 Å².